The van der Waals surface area contributed by atoms with Gasteiger partial charge < -0.3 is 11.1 Å². The summed E-state index contributed by atoms with van der Waals surface area (Å²) in [5, 5.41) is 2.60. The van der Waals surface area contributed by atoms with Crippen molar-refractivity contribution in [2.75, 3.05) is 60.6 Å². The highest BCUT2D eigenvalue weighted by atomic mass is 31.2. The van der Waals surface area contributed by atoms with Gasteiger partial charge in [0.2, 0.25) is 5.91 Å². The molecule has 0 unspecified atom stereocenters. The van der Waals surface area contributed by atoms with Crippen molar-refractivity contribution in [3.8, 4) is 0 Å². The summed E-state index contributed by atoms with van der Waals surface area (Å²) in [4.78, 5) is 33.6. The molecule has 0 atom stereocenters. The third kappa shape index (κ3) is 8.03. The lowest BCUT2D eigenvalue weighted by Crippen LogP contribution is -2.41. The quantitative estimate of drug-likeness (QED) is 0.334. The fourth-order valence-electron chi connectivity index (χ4n) is 1.50. The predicted molar refractivity (Wildman–Crippen MR) is 84.8 cm³/mol. The van der Waals surface area contributed by atoms with Gasteiger partial charge in [0, 0.05) is 13.1 Å². The van der Waals surface area contributed by atoms with E-state index in [0.717, 1.165) is 0 Å². The molecule has 0 aliphatic carbocycles. The Kier molecular flexibility index (Phi) is 10.7. The summed E-state index contributed by atoms with van der Waals surface area (Å²) in [5.41, 5.74) is 5.32. The van der Waals surface area contributed by atoms with E-state index in [1.165, 1.54) is 33.3 Å². The summed E-state index contributed by atoms with van der Waals surface area (Å²) in [7, 11) is -1.11. The monoisotopic (exact) mass is 363 g/mol. The molecule has 1 amide bonds. The van der Waals surface area contributed by atoms with Gasteiger partial charge in [0.05, 0.1) is 35.0 Å². The van der Waals surface area contributed by atoms with E-state index >= 15 is 0 Å². The number of carbonyl (C=O) groups is 1. The largest absolute Gasteiger partial charge is 0.423 e. The van der Waals surface area contributed by atoms with E-state index in [1.54, 1.807) is 0 Å². The smallest absolute Gasteiger partial charge is 0.354 e. The second kappa shape index (κ2) is 10.7. The summed E-state index contributed by atoms with van der Waals surface area (Å²) in [6.45, 7) is 0.532. The molecule has 0 spiro atoms. The Hall–Kier alpha value is 0.0100. The van der Waals surface area contributed by atoms with Crippen LogP contribution in [-0.2, 0) is 22.9 Å². The zero-order valence-corrected chi connectivity index (χ0v) is 15.2. The Labute approximate surface area is 132 Å². The van der Waals surface area contributed by atoms with E-state index in [4.69, 9.17) is 23.8 Å². The number of nitrogens with zero attached hydrogens (tertiary/aromatic N) is 1. The number of carbonyl (C=O) groups excluding carboxylic acids is 1. The Morgan fingerprint density at radius 2 is 1.45 bits per heavy atom. The van der Waals surface area contributed by atoms with Crippen LogP contribution in [-0.4, -0.2) is 81.2 Å². The second-order valence-electron chi connectivity index (χ2n) is 4.26. The molecule has 12 heteroatoms. The minimum atomic E-state index is -3.16. The maximum absolute atomic E-state index is 11.8. The maximum atomic E-state index is 11.8. The van der Waals surface area contributed by atoms with Crippen LogP contribution >= 0.6 is 15.9 Å². The van der Waals surface area contributed by atoms with Gasteiger partial charge in [0.1, 0.15) is 0 Å². The molecule has 0 heterocycles. The topological polar surface area (TPSA) is 136 Å². The van der Waals surface area contributed by atoms with Crippen molar-refractivity contribution >= 4 is 21.8 Å². The van der Waals surface area contributed by atoms with Gasteiger partial charge in [0.25, 0.3) is 0 Å². The van der Waals surface area contributed by atoms with Gasteiger partial charge >= 0.3 is 15.9 Å². The van der Waals surface area contributed by atoms with Crippen molar-refractivity contribution in [1.29, 1.82) is 0 Å². The third-order valence-electron chi connectivity index (χ3n) is 2.73. The lowest BCUT2D eigenvalue weighted by Gasteiger charge is -2.24. The van der Waals surface area contributed by atoms with Gasteiger partial charge in [-0.25, -0.2) is 4.90 Å². The molecule has 0 saturated heterocycles. The first kappa shape index (κ1) is 22.0. The molecule has 0 aliphatic rings. The van der Waals surface area contributed by atoms with Gasteiger partial charge in [-0.3, -0.25) is 4.79 Å². The normalized spacial score (nSPS) is 12.7. The van der Waals surface area contributed by atoms with Crippen molar-refractivity contribution in [3.05, 3.63) is 0 Å². The molecule has 132 valence electrons. The highest BCUT2D eigenvalue weighted by Crippen LogP contribution is 2.59. The summed E-state index contributed by atoms with van der Waals surface area (Å²) in [5.74, 6) is -0.317. The third-order valence-corrected chi connectivity index (χ3v) is 6.53. The molecule has 0 radical (unpaired) electrons. The van der Waals surface area contributed by atoms with Crippen LogP contribution in [0.5, 0.6) is 0 Å². The van der Waals surface area contributed by atoms with Crippen molar-refractivity contribution in [1.82, 2.24) is 10.2 Å². The van der Waals surface area contributed by atoms with Gasteiger partial charge in [-0.05, 0) is 0 Å². The highest BCUT2D eigenvalue weighted by molar-refractivity contribution is 7.61. The number of rotatable bonds is 12. The molecule has 0 aliphatic heterocycles. The van der Waals surface area contributed by atoms with E-state index in [0.29, 0.717) is 13.1 Å². The minimum Gasteiger partial charge on any atom is -0.354 e. The van der Waals surface area contributed by atoms with Gasteiger partial charge in [0.15, 0.2) is 12.6 Å². The molecular weight excluding hydrogens is 336 g/mol. The molecular formula is C10H27N3O7P2+2. The zero-order chi connectivity index (χ0) is 17.2. The number of hydrogen-bond acceptors (Lipinski definition) is 9. The molecule has 0 bridgehead atoms. The first-order valence-electron chi connectivity index (χ1n) is 6.41. The summed E-state index contributed by atoms with van der Waals surface area (Å²) in [6.07, 6.45) is -0.184. The summed E-state index contributed by atoms with van der Waals surface area (Å²) in [6, 6.07) is 0. The zero-order valence-electron chi connectivity index (χ0n) is 13.4. The first-order chi connectivity index (χ1) is 10.3. The summed E-state index contributed by atoms with van der Waals surface area (Å²) >= 11 is 0. The second-order valence-corrected chi connectivity index (χ2v) is 8.83. The van der Waals surface area contributed by atoms with E-state index < -0.39 is 15.9 Å². The molecule has 0 aromatic carbocycles. The molecule has 10 nitrogen and oxygen atoms in total. The van der Waals surface area contributed by atoms with Crippen LogP contribution in [0, 0.1) is 0 Å². The van der Waals surface area contributed by atoms with Crippen molar-refractivity contribution in [3.63, 3.8) is 0 Å². The Morgan fingerprint density at radius 1 is 1.05 bits per heavy atom. The molecule has 0 fully saturated rings. The van der Waals surface area contributed by atoms with Gasteiger partial charge in [-0.2, -0.15) is 27.9 Å². The van der Waals surface area contributed by atoms with Crippen LogP contribution < -0.4 is 11.1 Å². The van der Waals surface area contributed by atoms with E-state index in [1.807, 2.05) is 0 Å². The molecule has 0 aromatic heterocycles. The highest BCUT2D eigenvalue weighted by Gasteiger charge is 2.47. The average Bonchev–Trinajstić information content (AvgIpc) is 2.52. The Bertz CT molecular complexity index is 310. The SMILES string of the molecule is CO[P+](O)(CN(CC(=O)NCCN)C[P+](O)(OC)OC)OC. The fourth-order valence-corrected chi connectivity index (χ4v) is 3.83. The van der Waals surface area contributed by atoms with Crippen molar-refractivity contribution < 1.29 is 32.7 Å². The fraction of sp³-hybridized carbons (Fsp3) is 0.900. The number of hydrogen-bond donors (Lipinski definition) is 4. The number of amides is 1. The van der Waals surface area contributed by atoms with E-state index in [-0.39, 0.29) is 25.0 Å². The standard InChI is InChI=1S/C10H26N3O7P2/c1-17-21(15,18-2)8-13(7-10(14)12-6-5-11)9-22(16,19-3)20-4/h15-16H,5-9,11H2,1-4H3/q+1/p+1. The van der Waals surface area contributed by atoms with E-state index in [2.05, 4.69) is 5.32 Å². The molecule has 0 saturated carbocycles. The number of nitrogens with one attached hydrogen (secondary N) is 1. The van der Waals surface area contributed by atoms with Crippen molar-refractivity contribution in [2.24, 2.45) is 5.73 Å². The Morgan fingerprint density at radius 3 is 1.77 bits per heavy atom. The lowest BCUT2D eigenvalue weighted by molar-refractivity contribution is -0.121. The lowest BCUT2D eigenvalue weighted by atomic mass is 10.5. The van der Waals surface area contributed by atoms with E-state index in [9.17, 15) is 14.6 Å². The van der Waals surface area contributed by atoms with Crippen LogP contribution in [0.3, 0.4) is 0 Å². The number of nitrogens with two attached hydrogens (primary N) is 1. The molecule has 0 rings (SSSR count). The maximum Gasteiger partial charge on any atom is 0.423 e. The Balaban J connectivity index is 4.94. The average molecular weight is 363 g/mol. The predicted octanol–water partition coefficient (Wildman–Crippen LogP) is -0.626. The first-order valence-corrected chi connectivity index (χ1v) is 9.94. The molecule has 22 heavy (non-hydrogen) atoms. The molecule has 0 aromatic rings. The van der Waals surface area contributed by atoms with Crippen LogP contribution in [0.1, 0.15) is 0 Å². The summed E-state index contributed by atoms with van der Waals surface area (Å²) < 4.78 is 19.8. The van der Waals surface area contributed by atoms with Crippen molar-refractivity contribution in [2.45, 2.75) is 0 Å². The van der Waals surface area contributed by atoms with Crippen LogP contribution in [0.2, 0.25) is 0 Å². The van der Waals surface area contributed by atoms with Crippen LogP contribution in [0.25, 0.3) is 0 Å². The van der Waals surface area contributed by atoms with Gasteiger partial charge in [-0.15, -0.1) is 0 Å². The van der Waals surface area contributed by atoms with Crippen LogP contribution in [0.4, 0.5) is 0 Å². The minimum absolute atomic E-state index is 0.0922. The molecule has 5 N–H and O–H groups in total. The van der Waals surface area contributed by atoms with Crippen LogP contribution in [0.15, 0.2) is 0 Å². The van der Waals surface area contributed by atoms with Gasteiger partial charge in [-0.1, -0.05) is 0 Å².